The normalized spacial score (nSPS) is 27.4. The summed E-state index contributed by atoms with van der Waals surface area (Å²) in [5.74, 6) is 1.37. The summed E-state index contributed by atoms with van der Waals surface area (Å²) in [6, 6.07) is 0.390. The van der Waals surface area contributed by atoms with Crippen molar-refractivity contribution in [3.05, 3.63) is 21.6 Å². The Kier molecular flexibility index (Phi) is 3.95. The van der Waals surface area contributed by atoms with Gasteiger partial charge in [-0.1, -0.05) is 31.9 Å². The van der Waals surface area contributed by atoms with E-state index in [1.807, 2.05) is 0 Å². The van der Waals surface area contributed by atoms with Crippen molar-refractivity contribution in [2.45, 2.75) is 39.2 Å². The molecule has 0 saturated heterocycles. The van der Waals surface area contributed by atoms with E-state index in [-0.39, 0.29) is 10.6 Å². The molecule has 2 rings (SSSR count). The highest BCUT2D eigenvalue weighted by molar-refractivity contribution is 6.32. The van der Waals surface area contributed by atoms with Gasteiger partial charge in [0, 0.05) is 13.1 Å². The number of hydrogen-bond donors (Lipinski definition) is 1. The fourth-order valence-corrected chi connectivity index (χ4v) is 3.06. The predicted octanol–water partition coefficient (Wildman–Crippen LogP) is 2.67. The molecule has 0 amide bonds. The molecule has 0 bridgehead atoms. The second-order valence-corrected chi connectivity index (χ2v) is 5.53. The number of nitrogens with zero attached hydrogens (tertiary/aromatic N) is 2. The van der Waals surface area contributed by atoms with E-state index in [4.69, 9.17) is 11.6 Å². The molecule has 1 aromatic heterocycles. The lowest BCUT2D eigenvalue weighted by atomic mass is 9.93. The molecular weight excluding hydrogens is 250 g/mol. The van der Waals surface area contributed by atoms with Gasteiger partial charge in [0.25, 0.3) is 5.56 Å². The highest BCUT2D eigenvalue weighted by Crippen LogP contribution is 2.36. The molecule has 3 unspecified atom stereocenters. The van der Waals surface area contributed by atoms with Crippen LogP contribution >= 0.6 is 11.6 Å². The second kappa shape index (κ2) is 5.31. The van der Waals surface area contributed by atoms with E-state index >= 15 is 0 Å². The lowest BCUT2D eigenvalue weighted by Crippen LogP contribution is -2.27. The minimum Gasteiger partial charge on any atom is -0.379 e. The number of nitrogens with one attached hydrogen (secondary N) is 1. The van der Waals surface area contributed by atoms with Crippen molar-refractivity contribution >= 4 is 17.3 Å². The highest BCUT2D eigenvalue weighted by atomic mass is 35.5. The maximum Gasteiger partial charge on any atom is 0.287 e. The summed E-state index contributed by atoms with van der Waals surface area (Å²) < 4.78 is 1.25. The van der Waals surface area contributed by atoms with Gasteiger partial charge in [-0.15, -0.1) is 0 Å². The number of hydrogen-bond acceptors (Lipinski definition) is 3. The van der Waals surface area contributed by atoms with E-state index in [9.17, 15) is 4.79 Å². The number of halogens is 1. The minimum atomic E-state index is -0.251. The maximum absolute atomic E-state index is 11.7. The zero-order valence-corrected chi connectivity index (χ0v) is 11.9. The second-order valence-electron chi connectivity index (χ2n) is 5.16. The van der Waals surface area contributed by atoms with E-state index in [0.29, 0.717) is 17.6 Å². The Balaban J connectivity index is 2.16. The van der Waals surface area contributed by atoms with Crippen molar-refractivity contribution < 1.29 is 0 Å². The standard InChI is InChI=1S/C13H20ClN3O/c1-4-9-5-6-10(8(9)2)16-11-7-15-17(3)13(18)12(11)14/h7-10,16H,4-6H2,1-3H3. The molecule has 1 saturated carbocycles. The van der Waals surface area contributed by atoms with Crippen LogP contribution in [0.5, 0.6) is 0 Å². The van der Waals surface area contributed by atoms with Crippen molar-refractivity contribution in [3.63, 3.8) is 0 Å². The van der Waals surface area contributed by atoms with Crippen LogP contribution in [0.4, 0.5) is 5.69 Å². The van der Waals surface area contributed by atoms with Crippen molar-refractivity contribution in [1.82, 2.24) is 9.78 Å². The molecule has 3 atom stereocenters. The van der Waals surface area contributed by atoms with Gasteiger partial charge in [-0.2, -0.15) is 5.10 Å². The van der Waals surface area contributed by atoms with Gasteiger partial charge >= 0.3 is 0 Å². The Morgan fingerprint density at radius 2 is 2.28 bits per heavy atom. The van der Waals surface area contributed by atoms with E-state index in [0.717, 1.165) is 12.3 Å². The maximum atomic E-state index is 11.7. The van der Waals surface area contributed by atoms with E-state index < -0.39 is 0 Å². The van der Waals surface area contributed by atoms with Crippen LogP contribution in [-0.2, 0) is 7.05 Å². The van der Waals surface area contributed by atoms with Crippen LogP contribution in [0, 0.1) is 11.8 Å². The zero-order valence-electron chi connectivity index (χ0n) is 11.1. The Morgan fingerprint density at radius 1 is 1.56 bits per heavy atom. The van der Waals surface area contributed by atoms with Crippen LogP contribution in [0.3, 0.4) is 0 Å². The third-order valence-corrected chi connectivity index (χ3v) is 4.54. The first-order valence-corrected chi connectivity index (χ1v) is 6.90. The summed E-state index contributed by atoms with van der Waals surface area (Å²) in [6.45, 7) is 4.50. The molecule has 4 nitrogen and oxygen atoms in total. The van der Waals surface area contributed by atoms with Crippen LogP contribution in [0.1, 0.15) is 33.1 Å². The summed E-state index contributed by atoms with van der Waals surface area (Å²) in [7, 11) is 1.60. The molecule has 0 aromatic carbocycles. The summed E-state index contributed by atoms with van der Waals surface area (Å²) in [5.41, 5.74) is 0.410. The third kappa shape index (κ3) is 2.39. The van der Waals surface area contributed by atoms with Gasteiger partial charge in [-0.25, -0.2) is 4.68 Å². The van der Waals surface area contributed by atoms with Crippen LogP contribution in [0.15, 0.2) is 11.0 Å². The van der Waals surface area contributed by atoms with Gasteiger partial charge in [-0.3, -0.25) is 4.79 Å². The monoisotopic (exact) mass is 269 g/mol. The van der Waals surface area contributed by atoms with Crippen LogP contribution in [-0.4, -0.2) is 15.8 Å². The van der Waals surface area contributed by atoms with E-state index in [1.54, 1.807) is 13.2 Å². The molecule has 1 N–H and O–H groups in total. The van der Waals surface area contributed by atoms with Gasteiger partial charge < -0.3 is 5.32 Å². The first-order chi connectivity index (χ1) is 8.54. The van der Waals surface area contributed by atoms with Gasteiger partial charge in [-0.05, 0) is 24.7 Å². The quantitative estimate of drug-likeness (QED) is 0.918. The molecule has 0 radical (unpaired) electrons. The molecule has 5 heteroatoms. The highest BCUT2D eigenvalue weighted by Gasteiger charge is 2.31. The largest absolute Gasteiger partial charge is 0.379 e. The topological polar surface area (TPSA) is 46.9 Å². The SMILES string of the molecule is CCC1CCC(Nc2cnn(C)c(=O)c2Cl)C1C. The fourth-order valence-electron chi connectivity index (χ4n) is 2.84. The Labute approximate surface area is 112 Å². The first kappa shape index (κ1) is 13.4. The number of aryl methyl sites for hydroxylation is 1. The summed E-state index contributed by atoms with van der Waals surface area (Å²) in [6.07, 6.45) is 5.22. The molecule has 0 aliphatic heterocycles. The molecular formula is C13H20ClN3O. The van der Waals surface area contributed by atoms with Gasteiger partial charge in [0.1, 0.15) is 5.02 Å². The Hall–Kier alpha value is -1.03. The van der Waals surface area contributed by atoms with Crippen molar-refractivity contribution in [1.29, 1.82) is 0 Å². The van der Waals surface area contributed by atoms with E-state index in [2.05, 4.69) is 24.3 Å². The van der Waals surface area contributed by atoms with Crippen molar-refractivity contribution in [2.75, 3.05) is 5.32 Å². The molecule has 1 aliphatic rings. The molecule has 1 aromatic rings. The van der Waals surface area contributed by atoms with Gasteiger partial charge in [0.15, 0.2) is 0 Å². The summed E-state index contributed by atoms with van der Waals surface area (Å²) in [5, 5.41) is 7.62. The fraction of sp³-hybridized carbons (Fsp3) is 0.692. The lowest BCUT2D eigenvalue weighted by Gasteiger charge is -2.22. The molecule has 1 heterocycles. The predicted molar refractivity (Wildman–Crippen MR) is 74.1 cm³/mol. The first-order valence-electron chi connectivity index (χ1n) is 6.53. The molecule has 1 fully saturated rings. The number of anilines is 1. The number of aromatic nitrogens is 2. The van der Waals surface area contributed by atoms with Gasteiger partial charge in [0.05, 0.1) is 11.9 Å². The third-order valence-electron chi connectivity index (χ3n) is 4.17. The molecule has 18 heavy (non-hydrogen) atoms. The molecule has 100 valence electrons. The Morgan fingerprint density at radius 3 is 2.89 bits per heavy atom. The average Bonchev–Trinajstić information content (AvgIpc) is 2.71. The van der Waals surface area contributed by atoms with Crippen LogP contribution in [0.2, 0.25) is 5.02 Å². The lowest BCUT2D eigenvalue weighted by molar-refractivity contribution is 0.392. The summed E-state index contributed by atoms with van der Waals surface area (Å²) >= 11 is 6.06. The number of rotatable bonds is 3. The molecule has 0 spiro atoms. The van der Waals surface area contributed by atoms with Crippen molar-refractivity contribution in [2.24, 2.45) is 18.9 Å². The van der Waals surface area contributed by atoms with Gasteiger partial charge in [0.2, 0.25) is 0 Å². The smallest absolute Gasteiger partial charge is 0.287 e. The van der Waals surface area contributed by atoms with Crippen LogP contribution < -0.4 is 10.9 Å². The average molecular weight is 270 g/mol. The Bertz CT molecular complexity index is 486. The van der Waals surface area contributed by atoms with Crippen LogP contribution in [0.25, 0.3) is 0 Å². The van der Waals surface area contributed by atoms with Crippen molar-refractivity contribution in [3.8, 4) is 0 Å². The minimum absolute atomic E-state index is 0.236. The van der Waals surface area contributed by atoms with E-state index in [1.165, 1.54) is 17.5 Å². The molecule has 1 aliphatic carbocycles. The summed E-state index contributed by atoms with van der Waals surface area (Å²) in [4.78, 5) is 11.7. The zero-order chi connectivity index (χ0) is 13.3.